The van der Waals surface area contributed by atoms with E-state index in [9.17, 15) is 5.11 Å². The second-order valence-corrected chi connectivity index (χ2v) is 7.49. The minimum atomic E-state index is 0.00883. The van der Waals surface area contributed by atoms with Crippen LogP contribution in [0.25, 0.3) is 0 Å². The maximum absolute atomic E-state index is 10.0. The second kappa shape index (κ2) is 9.69. The fourth-order valence-electron chi connectivity index (χ4n) is 3.37. The molecule has 0 amide bonds. The third-order valence-corrected chi connectivity index (χ3v) is 5.12. The van der Waals surface area contributed by atoms with Crippen molar-refractivity contribution in [2.24, 2.45) is 4.99 Å². The normalized spacial score (nSPS) is 16.1. The molecule has 152 valence electrons. The first-order valence-electron chi connectivity index (χ1n) is 9.54. The van der Waals surface area contributed by atoms with Crippen molar-refractivity contribution >= 4 is 5.96 Å². The zero-order valence-corrected chi connectivity index (χ0v) is 17.3. The molecule has 0 saturated carbocycles. The summed E-state index contributed by atoms with van der Waals surface area (Å²) in [6, 6.07) is 3.58. The van der Waals surface area contributed by atoms with E-state index in [1.165, 1.54) is 33.5 Å². The molecule has 1 heterocycles. The summed E-state index contributed by atoms with van der Waals surface area (Å²) < 4.78 is 10.4. The lowest BCUT2D eigenvalue weighted by Crippen LogP contribution is -2.54. The Morgan fingerprint density at radius 1 is 1.11 bits per heavy atom. The number of aromatic hydroxyl groups is 1. The highest BCUT2D eigenvalue weighted by molar-refractivity contribution is 5.79. The van der Waals surface area contributed by atoms with Crippen LogP contribution in [-0.4, -0.2) is 62.4 Å². The molecule has 1 aromatic carbocycles. The van der Waals surface area contributed by atoms with E-state index >= 15 is 0 Å². The number of phenols is 1. The first-order valence-corrected chi connectivity index (χ1v) is 9.54. The van der Waals surface area contributed by atoms with E-state index < -0.39 is 0 Å². The average Bonchev–Trinajstić information content (AvgIpc) is 2.69. The molecule has 1 aliphatic heterocycles. The first kappa shape index (κ1) is 21.2. The molecular weight excluding hydrogens is 344 g/mol. The SMILES string of the molecule is CN=C(NCc1cc(OC)c(O)c(OC)c1)NCC(C)(C)N1CCCCC1. The van der Waals surface area contributed by atoms with Crippen molar-refractivity contribution in [1.82, 2.24) is 15.5 Å². The van der Waals surface area contributed by atoms with Crippen LogP contribution in [0.15, 0.2) is 17.1 Å². The number of rotatable bonds is 7. The molecule has 2 rings (SSSR count). The highest BCUT2D eigenvalue weighted by Gasteiger charge is 2.27. The molecule has 1 aliphatic rings. The van der Waals surface area contributed by atoms with Gasteiger partial charge in [-0.05, 0) is 57.5 Å². The molecule has 7 heteroatoms. The number of phenolic OH excluding ortho intramolecular Hbond substituents is 1. The summed E-state index contributed by atoms with van der Waals surface area (Å²) in [6.45, 7) is 8.22. The van der Waals surface area contributed by atoms with Crippen LogP contribution in [0.2, 0.25) is 0 Å². The zero-order valence-electron chi connectivity index (χ0n) is 17.3. The van der Waals surface area contributed by atoms with E-state index in [4.69, 9.17) is 9.47 Å². The molecule has 0 atom stereocenters. The number of hydrogen-bond donors (Lipinski definition) is 3. The summed E-state index contributed by atoms with van der Waals surface area (Å²) >= 11 is 0. The first-order chi connectivity index (χ1) is 12.9. The van der Waals surface area contributed by atoms with E-state index in [-0.39, 0.29) is 11.3 Å². The van der Waals surface area contributed by atoms with Crippen LogP contribution in [0.4, 0.5) is 0 Å². The van der Waals surface area contributed by atoms with Crippen LogP contribution in [0, 0.1) is 0 Å². The molecule has 0 unspecified atom stereocenters. The Kier molecular flexibility index (Phi) is 7.59. The molecule has 1 aromatic rings. The van der Waals surface area contributed by atoms with Gasteiger partial charge in [-0.1, -0.05) is 6.42 Å². The lowest BCUT2D eigenvalue weighted by molar-refractivity contribution is 0.0982. The molecule has 1 fully saturated rings. The van der Waals surface area contributed by atoms with Crippen LogP contribution in [0.1, 0.15) is 38.7 Å². The summed E-state index contributed by atoms with van der Waals surface area (Å²) in [7, 11) is 4.81. The van der Waals surface area contributed by atoms with Crippen LogP contribution in [0.5, 0.6) is 17.2 Å². The molecular formula is C20H34N4O3. The maximum Gasteiger partial charge on any atom is 0.200 e. The zero-order chi connectivity index (χ0) is 19.9. The molecule has 0 radical (unpaired) electrons. The molecule has 7 nitrogen and oxygen atoms in total. The number of guanidine groups is 1. The minimum absolute atomic E-state index is 0.00883. The van der Waals surface area contributed by atoms with E-state index in [0.717, 1.165) is 31.2 Å². The predicted molar refractivity (Wildman–Crippen MR) is 109 cm³/mol. The van der Waals surface area contributed by atoms with Crippen molar-refractivity contribution in [2.45, 2.75) is 45.2 Å². The van der Waals surface area contributed by atoms with Gasteiger partial charge in [0.15, 0.2) is 17.5 Å². The van der Waals surface area contributed by atoms with Crippen molar-refractivity contribution in [3.8, 4) is 17.2 Å². The highest BCUT2D eigenvalue weighted by Crippen LogP contribution is 2.37. The Balaban J connectivity index is 1.94. The molecule has 0 aromatic heterocycles. The Bertz CT molecular complexity index is 615. The van der Waals surface area contributed by atoms with E-state index in [1.807, 2.05) is 0 Å². The van der Waals surface area contributed by atoms with Crippen molar-refractivity contribution in [3.63, 3.8) is 0 Å². The van der Waals surface area contributed by atoms with Gasteiger partial charge in [-0.15, -0.1) is 0 Å². The van der Waals surface area contributed by atoms with Crippen LogP contribution in [-0.2, 0) is 6.54 Å². The lowest BCUT2D eigenvalue weighted by atomic mass is 9.98. The van der Waals surface area contributed by atoms with Gasteiger partial charge in [-0.25, -0.2) is 0 Å². The standard InChI is InChI=1S/C20H34N4O3/c1-20(2,24-9-7-6-8-10-24)14-23-19(21-3)22-13-15-11-16(26-4)18(25)17(12-15)27-5/h11-12,25H,6-10,13-14H2,1-5H3,(H2,21,22,23). The van der Waals surface area contributed by atoms with Crippen LogP contribution < -0.4 is 20.1 Å². The summed E-state index contributed by atoms with van der Waals surface area (Å²) in [5, 5.41) is 16.8. The van der Waals surface area contributed by atoms with Crippen LogP contribution >= 0.6 is 0 Å². The van der Waals surface area contributed by atoms with Gasteiger partial charge in [-0.2, -0.15) is 0 Å². The van der Waals surface area contributed by atoms with E-state index in [1.54, 1.807) is 19.2 Å². The molecule has 0 aliphatic carbocycles. The summed E-state index contributed by atoms with van der Waals surface area (Å²) in [4.78, 5) is 6.87. The number of aliphatic imine (C=N–C) groups is 1. The molecule has 3 N–H and O–H groups in total. The van der Waals surface area contributed by atoms with Gasteiger partial charge in [0.2, 0.25) is 5.75 Å². The number of nitrogens with zero attached hydrogens (tertiary/aromatic N) is 2. The van der Waals surface area contributed by atoms with E-state index in [2.05, 4.69) is 34.4 Å². The van der Waals surface area contributed by atoms with Gasteiger partial charge >= 0.3 is 0 Å². The van der Waals surface area contributed by atoms with Gasteiger partial charge in [-0.3, -0.25) is 9.89 Å². The smallest absolute Gasteiger partial charge is 0.200 e. The Hall–Kier alpha value is -2.15. The molecule has 0 bridgehead atoms. The Morgan fingerprint density at radius 3 is 2.22 bits per heavy atom. The predicted octanol–water partition coefficient (Wildman–Crippen LogP) is 2.34. The molecule has 0 spiro atoms. The number of piperidine rings is 1. The van der Waals surface area contributed by atoms with E-state index in [0.29, 0.717) is 18.0 Å². The summed E-state index contributed by atoms with van der Waals surface area (Å²) in [5.41, 5.74) is 1.00. The summed E-state index contributed by atoms with van der Waals surface area (Å²) in [6.07, 6.45) is 3.89. The van der Waals surface area contributed by atoms with Gasteiger partial charge in [0.25, 0.3) is 0 Å². The third kappa shape index (κ3) is 5.66. The Labute approximate surface area is 162 Å². The van der Waals surface area contributed by atoms with Crippen molar-refractivity contribution in [2.75, 3.05) is 40.9 Å². The lowest BCUT2D eigenvalue weighted by Gasteiger charge is -2.41. The maximum atomic E-state index is 10.0. The highest BCUT2D eigenvalue weighted by atomic mass is 16.5. The van der Waals surface area contributed by atoms with Crippen LogP contribution in [0.3, 0.4) is 0 Å². The molecule has 27 heavy (non-hydrogen) atoms. The largest absolute Gasteiger partial charge is 0.502 e. The van der Waals surface area contributed by atoms with Crippen molar-refractivity contribution < 1.29 is 14.6 Å². The number of hydrogen-bond acceptors (Lipinski definition) is 5. The van der Waals surface area contributed by atoms with Crippen molar-refractivity contribution in [1.29, 1.82) is 0 Å². The monoisotopic (exact) mass is 378 g/mol. The summed E-state index contributed by atoms with van der Waals surface area (Å²) in [5.74, 6) is 1.53. The number of benzene rings is 1. The topological polar surface area (TPSA) is 78.4 Å². The minimum Gasteiger partial charge on any atom is -0.502 e. The number of ether oxygens (including phenoxy) is 2. The van der Waals surface area contributed by atoms with Crippen molar-refractivity contribution in [3.05, 3.63) is 17.7 Å². The fraction of sp³-hybridized carbons (Fsp3) is 0.650. The number of methoxy groups -OCH3 is 2. The third-order valence-electron chi connectivity index (χ3n) is 5.12. The second-order valence-electron chi connectivity index (χ2n) is 7.49. The van der Waals surface area contributed by atoms with Gasteiger partial charge in [0.05, 0.1) is 14.2 Å². The quantitative estimate of drug-likeness (QED) is 0.499. The molecule has 1 saturated heterocycles. The number of likely N-dealkylation sites (tertiary alicyclic amines) is 1. The average molecular weight is 379 g/mol. The van der Waals surface area contributed by atoms with Gasteiger partial charge in [0.1, 0.15) is 0 Å². The fourth-order valence-corrected chi connectivity index (χ4v) is 3.37. The Morgan fingerprint density at radius 2 is 1.70 bits per heavy atom. The van der Waals surface area contributed by atoms with Gasteiger partial charge in [0, 0.05) is 25.7 Å². The van der Waals surface area contributed by atoms with Gasteiger partial charge < -0.3 is 25.2 Å². The number of nitrogens with one attached hydrogen (secondary N) is 2.